The van der Waals surface area contributed by atoms with Gasteiger partial charge in [-0.3, -0.25) is 4.98 Å². The zero-order valence-electron chi connectivity index (χ0n) is 7.33. The molecule has 1 aliphatic rings. The van der Waals surface area contributed by atoms with Gasteiger partial charge in [-0.1, -0.05) is 13.0 Å². The van der Waals surface area contributed by atoms with Gasteiger partial charge in [0.1, 0.15) is 0 Å². The minimum Gasteiger partial charge on any atom is -0.310 e. The molecule has 12 heavy (non-hydrogen) atoms. The molecule has 2 atom stereocenters. The van der Waals surface area contributed by atoms with Gasteiger partial charge in [0.15, 0.2) is 0 Å². The SMILES string of the molecule is C[C@H]1CCN[C@@H]1c1cccnc1. The summed E-state index contributed by atoms with van der Waals surface area (Å²) in [7, 11) is 0. The molecule has 2 heteroatoms. The van der Waals surface area contributed by atoms with Gasteiger partial charge in [0.25, 0.3) is 0 Å². The number of nitrogens with one attached hydrogen (secondary N) is 1. The Morgan fingerprint density at radius 3 is 3.08 bits per heavy atom. The van der Waals surface area contributed by atoms with Crippen molar-refractivity contribution in [2.45, 2.75) is 19.4 Å². The van der Waals surface area contributed by atoms with E-state index in [0.29, 0.717) is 6.04 Å². The molecule has 1 aromatic rings. The Hall–Kier alpha value is -0.890. The highest BCUT2D eigenvalue weighted by Crippen LogP contribution is 2.27. The van der Waals surface area contributed by atoms with Crippen LogP contribution in [0.25, 0.3) is 0 Å². The van der Waals surface area contributed by atoms with E-state index in [4.69, 9.17) is 0 Å². The van der Waals surface area contributed by atoms with Gasteiger partial charge in [-0.2, -0.15) is 0 Å². The Balaban J connectivity index is 2.19. The van der Waals surface area contributed by atoms with E-state index in [1.165, 1.54) is 12.0 Å². The standard InChI is InChI=1S/C10H14N2/c1-8-4-6-12-10(8)9-3-2-5-11-7-9/h2-3,5,7-8,10,12H,4,6H2,1H3/t8-,10-/m0/s1. The normalized spacial score (nSPS) is 29.1. The first-order valence-corrected chi connectivity index (χ1v) is 4.51. The Morgan fingerprint density at radius 2 is 2.50 bits per heavy atom. The molecule has 2 rings (SSSR count). The molecule has 1 saturated heterocycles. The van der Waals surface area contributed by atoms with Crippen LogP contribution in [0, 0.1) is 5.92 Å². The van der Waals surface area contributed by atoms with Crippen LogP contribution in [-0.2, 0) is 0 Å². The van der Waals surface area contributed by atoms with Crippen LogP contribution in [0.5, 0.6) is 0 Å². The van der Waals surface area contributed by atoms with Crippen molar-refractivity contribution < 1.29 is 0 Å². The predicted molar refractivity (Wildman–Crippen MR) is 48.8 cm³/mol. The van der Waals surface area contributed by atoms with E-state index >= 15 is 0 Å². The van der Waals surface area contributed by atoms with Crippen molar-refractivity contribution in [3.05, 3.63) is 30.1 Å². The number of pyridine rings is 1. The molecule has 2 nitrogen and oxygen atoms in total. The van der Waals surface area contributed by atoms with Crippen molar-refractivity contribution in [3.8, 4) is 0 Å². The maximum absolute atomic E-state index is 4.12. The van der Waals surface area contributed by atoms with Crippen LogP contribution in [0.4, 0.5) is 0 Å². The number of aromatic nitrogens is 1. The van der Waals surface area contributed by atoms with Gasteiger partial charge in [0.05, 0.1) is 0 Å². The van der Waals surface area contributed by atoms with Crippen LogP contribution in [-0.4, -0.2) is 11.5 Å². The Bertz CT molecular complexity index is 245. The molecule has 0 radical (unpaired) electrons. The van der Waals surface area contributed by atoms with Crippen molar-refractivity contribution >= 4 is 0 Å². The summed E-state index contributed by atoms with van der Waals surface area (Å²) in [5, 5.41) is 3.48. The molecular weight excluding hydrogens is 148 g/mol. The fraction of sp³-hybridized carbons (Fsp3) is 0.500. The fourth-order valence-electron chi connectivity index (χ4n) is 1.84. The first-order chi connectivity index (χ1) is 5.88. The van der Waals surface area contributed by atoms with Gasteiger partial charge in [-0.15, -0.1) is 0 Å². The molecule has 1 aliphatic heterocycles. The van der Waals surface area contributed by atoms with Gasteiger partial charge < -0.3 is 5.32 Å². The molecule has 1 N–H and O–H groups in total. The lowest BCUT2D eigenvalue weighted by atomic mass is 9.98. The molecule has 64 valence electrons. The van der Waals surface area contributed by atoms with E-state index in [1.54, 1.807) is 0 Å². The molecular formula is C10H14N2. The average Bonchev–Trinajstić information content (AvgIpc) is 2.53. The average molecular weight is 162 g/mol. The molecule has 0 bridgehead atoms. The van der Waals surface area contributed by atoms with Crippen LogP contribution in [0.3, 0.4) is 0 Å². The van der Waals surface area contributed by atoms with Crippen molar-refractivity contribution in [1.82, 2.24) is 10.3 Å². The van der Waals surface area contributed by atoms with Gasteiger partial charge in [-0.25, -0.2) is 0 Å². The zero-order valence-corrected chi connectivity index (χ0v) is 7.33. The summed E-state index contributed by atoms with van der Waals surface area (Å²) in [5.41, 5.74) is 1.32. The highest BCUT2D eigenvalue weighted by molar-refractivity contribution is 5.15. The van der Waals surface area contributed by atoms with E-state index in [9.17, 15) is 0 Å². The van der Waals surface area contributed by atoms with Crippen LogP contribution in [0.15, 0.2) is 24.5 Å². The quantitative estimate of drug-likeness (QED) is 0.680. The number of hydrogen-bond acceptors (Lipinski definition) is 2. The third-order valence-corrected chi connectivity index (χ3v) is 2.58. The van der Waals surface area contributed by atoms with Crippen LogP contribution < -0.4 is 5.32 Å². The maximum atomic E-state index is 4.12. The molecule has 0 aliphatic carbocycles. The highest BCUT2D eigenvalue weighted by Gasteiger charge is 2.23. The summed E-state index contributed by atoms with van der Waals surface area (Å²) >= 11 is 0. The van der Waals surface area contributed by atoms with Crippen molar-refractivity contribution in [2.24, 2.45) is 5.92 Å². The number of rotatable bonds is 1. The Morgan fingerprint density at radius 1 is 1.58 bits per heavy atom. The first-order valence-electron chi connectivity index (χ1n) is 4.51. The van der Waals surface area contributed by atoms with Crippen molar-refractivity contribution in [1.29, 1.82) is 0 Å². The molecule has 0 saturated carbocycles. The summed E-state index contributed by atoms with van der Waals surface area (Å²) in [4.78, 5) is 4.12. The topological polar surface area (TPSA) is 24.9 Å². The van der Waals surface area contributed by atoms with Crippen LogP contribution >= 0.6 is 0 Å². The molecule has 0 aromatic carbocycles. The largest absolute Gasteiger partial charge is 0.310 e. The summed E-state index contributed by atoms with van der Waals surface area (Å²) < 4.78 is 0. The molecule has 1 fully saturated rings. The Labute approximate surface area is 73.0 Å². The van der Waals surface area contributed by atoms with E-state index < -0.39 is 0 Å². The lowest BCUT2D eigenvalue weighted by Gasteiger charge is -2.14. The third-order valence-electron chi connectivity index (χ3n) is 2.58. The molecule has 0 spiro atoms. The molecule has 0 unspecified atom stereocenters. The molecule has 0 amide bonds. The minimum absolute atomic E-state index is 0.527. The minimum atomic E-state index is 0.527. The smallest absolute Gasteiger partial charge is 0.0361 e. The van der Waals surface area contributed by atoms with E-state index in [2.05, 4.69) is 23.3 Å². The first kappa shape index (κ1) is 7.74. The van der Waals surface area contributed by atoms with Gasteiger partial charge in [0.2, 0.25) is 0 Å². The number of nitrogens with zero attached hydrogens (tertiary/aromatic N) is 1. The summed E-state index contributed by atoms with van der Waals surface area (Å²) in [6.45, 7) is 3.43. The summed E-state index contributed by atoms with van der Waals surface area (Å²) in [6, 6.07) is 4.67. The second kappa shape index (κ2) is 3.23. The van der Waals surface area contributed by atoms with Crippen molar-refractivity contribution in [2.75, 3.05) is 6.54 Å². The van der Waals surface area contributed by atoms with E-state index in [0.717, 1.165) is 12.5 Å². The van der Waals surface area contributed by atoms with Gasteiger partial charge >= 0.3 is 0 Å². The zero-order chi connectivity index (χ0) is 8.39. The van der Waals surface area contributed by atoms with Crippen molar-refractivity contribution in [3.63, 3.8) is 0 Å². The highest BCUT2D eigenvalue weighted by atomic mass is 14.9. The molecule has 1 aromatic heterocycles. The van der Waals surface area contributed by atoms with E-state index in [-0.39, 0.29) is 0 Å². The van der Waals surface area contributed by atoms with Gasteiger partial charge in [0, 0.05) is 18.4 Å². The Kier molecular flexibility index (Phi) is 2.09. The van der Waals surface area contributed by atoms with Gasteiger partial charge in [-0.05, 0) is 30.5 Å². The lowest BCUT2D eigenvalue weighted by Crippen LogP contribution is -2.16. The van der Waals surface area contributed by atoms with E-state index in [1.807, 2.05) is 18.5 Å². The summed E-state index contributed by atoms with van der Waals surface area (Å²) in [5.74, 6) is 0.745. The second-order valence-corrected chi connectivity index (χ2v) is 3.48. The third kappa shape index (κ3) is 1.34. The van der Waals surface area contributed by atoms with Crippen LogP contribution in [0.1, 0.15) is 24.9 Å². The summed E-state index contributed by atoms with van der Waals surface area (Å²) in [6.07, 6.45) is 5.06. The maximum Gasteiger partial charge on any atom is 0.0361 e. The lowest BCUT2D eigenvalue weighted by molar-refractivity contribution is 0.502. The fourth-order valence-corrected chi connectivity index (χ4v) is 1.84. The molecule has 2 heterocycles. The second-order valence-electron chi connectivity index (χ2n) is 3.48. The predicted octanol–water partition coefficient (Wildman–Crippen LogP) is 1.75. The monoisotopic (exact) mass is 162 g/mol. The van der Waals surface area contributed by atoms with Crippen LogP contribution in [0.2, 0.25) is 0 Å². The number of hydrogen-bond donors (Lipinski definition) is 1.